The lowest BCUT2D eigenvalue weighted by Crippen LogP contribution is -2.30. The summed E-state index contributed by atoms with van der Waals surface area (Å²) in [7, 11) is 0. The van der Waals surface area contributed by atoms with Crippen LogP contribution in [0.1, 0.15) is 30.6 Å². The van der Waals surface area contributed by atoms with Crippen LogP contribution in [0.25, 0.3) is 0 Å². The first-order valence-electron chi connectivity index (χ1n) is 7.90. The molecule has 0 saturated carbocycles. The molecule has 1 N–H and O–H groups in total. The molecule has 1 atom stereocenters. The molecule has 0 aliphatic carbocycles. The van der Waals surface area contributed by atoms with Crippen molar-refractivity contribution in [3.63, 3.8) is 0 Å². The molecule has 1 amide bonds. The first kappa shape index (κ1) is 17.6. The molecular formula is C17H17F2N3O2S. The largest absolute Gasteiger partial charge is 0.324 e. The summed E-state index contributed by atoms with van der Waals surface area (Å²) in [5.41, 5.74) is 1.15. The number of carbonyl (C=O) groups excluding carboxylic acids is 1. The molecule has 1 aromatic carbocycles. The van der Waals surface area contributed by atoms with Crippen molar-refractivity contribution in [3.8, 4) is 0 Å². The number of hydrogen-bond acceptors (Lipinski definition) is 4. The molecule has 1 unspecified atom stereocenters. The quantitative estimate of drug-likeness (QED) is 0.846. The average Bonchev–Trinajstić information content (AvgIpc) is 2.93. The number of anilines is 1. The third-order valence-corrected chi connectivity index (χ3v) is 5.23. The van der Waals surface area contributed by atoms with Crippen molar-refractivity contribution in [1.82, 2.24) is 9.55 Å². The van der Waals surface area contributed by atoms with Gasteiger partial charge in [-0.2, -0.15) is 0 Å². The molecule has 8 heteroatoms. The molecule has 0 fully saturated rings. The normalized spacial score (nSPS) is 15.9. The number of hydrogen-bond donors (Lipinski definition) is 1. The summed E-state index contributed by atoms with van der Waals surface area (Å²) >= 11 is 1.43. The summed E-state index contributed by atoms with van der Waals surface area (Å²) in [6.07, 6.45) is 0.590. The van der Waals surface area contributed by atoms with E-state index in [0.29, 0.717) is 34.7 Å². The second kappa shape index (κ2) is 6.95. The number of carbonyl (C=O) groups is 1. The van der Waals surface area contributed by atoms with Crippen LogP contribution in [0.15, 0.2) is 28.2 Å². The maximum atomic E-state index is 13.6. The third-order valence-electron chi connectivity index (χ3n) is 4.13. The van der Waals surface area contributed by atoms with Gasteiger partial charge in [-0.3, -0.25) is 14.2 Å². The third kappa shape index (κ3) is 3.44. The Balaban J connectivity index is 1.80. The predicted octanol–water partition coefficient (Wildman–Crippen LogP) is 3.07. The Bertz CT molecular complexity index is 898. The zero-order valence-corrected chi connectivity index (χ0v) is 14.6. The van der Waals surface area contributed by atoms with E-state index in [1.807, 2.05) is 6.92 Å². The molecule has 2 heterocycles. The van der Waals surface area contributed by atoms with Crippen LogP contribution in [0.2, 0.25) is 0 Å². The van der Waals surface area contributed by atoms with Crippen LogP contribution < -0.4 is 10.9 Å². The van der Waals surface area contributed by atoms with Gasteiger partial charge >= 0.3 is 0 Å². The topological polar surface area (TPSA) is 64.0 Å². The number of nitrogens with one attached hydrogen (secondary N) is 1. The van der Waals surface area contributed by atoms with Crippen LogP contribution in [0.3, 0.4) is 0 Å². The molecule has 1 aliphatic rings. The molecule has 1 aliphatic heterocycles. The van der Waals surface area contributed by atoms with Gasteiger partial charge in [0.1, 0.15) is 11.6 Å². The molecule has 25 heavy (non-hydrogen) atoms. The summed E-state index contributed by atoms with van der Waals surface area (Å²) in [5.74, 6) is -1.43. The highest BCUT2D eigenvalue weighted by molar-refractivity contribution is 7.99. The number of aromatic nitrogens is 2. The lowest BCUT2D eigenvalue weighted by atomic mass is 10.1. The van der Waals surface area contributed by atoms with Gasteiger partial charge in [0.2, 0.25) is 5.91 Å². The molecule has 0 saturated heterocycles. The summed E-state index contributed by atoms with van der Waals surface area (Å²) in [4.78, 5) is 29.3. The molecule has 0 radical (unpaired) electrons. The molecular weight excluding hydrogens is 348 g/mol. The molecule has 0 bridgehead atoms. The zero-order valence-electron chi connectivity index (χ0n) is 13.8. The first-order valence-corrected chi connectivity index (χ1v) is 8.89. The van der Waals surface area contributed by atoms with E-state index in [1.165, 1.54) is 17.8 Å². The number of rotatable bonds is 4. The Morgan fingerprint density at radius 2 is 2.20 bits per heavy atom. The van der Waals surface area contributed by atoms with Gasteiger partial charge in [0.15, 0.2) is 5.16 Å². The number of thioether (sulfide) groups is 1. The van der Waals surface area contributed by atoms with E-state index in [1.54, 1.807) is 11.5 Å². The van der Waals surface area contributed by atoms with Gasteiger partial charge in [0.25, 0.3) is 5.56 Å². The van der Waals surface area contributed by atoms with Gasteiger partial charge in [0, 0.05) is 29.5 Å². The fourth-order valence-corrected chi connectivity index (χ4v) is 4.07. The second-order valence-electron chi connectivity index (χ2n) is 5.83. The first-order chi connectivity index (χ1) is 11.9. The monoisotopic (exact) mass is 365 g/mol. The highest BCUT2D eigenvalue weighted by Crippen LogP contribution is 2.33. The van der Waals surface area contributed by atoms with Crippen LogP contribution >= 0.6 is 11.8 Å². The number of benzene rings is 1. The second-order valence-corrected chi connectivity index (χ2v) is 6.82. The Labute approximate surface area is 147 Å². The minimum Gasteiger partial charge on any atom is -0.324 e. The highest BCUT2D eigenvalue weighted by Gasteiger charge is 2.29. The Morgan fingerprint density at radius 1 is 1.44 bits per heavy atom. The molecule has 2 aromatic rings. The SMILES string of the molecule is CCc1c(C)nc2n(c1=O)C(CC(=O)Nc1ccc(F)cc1F)CS2. The number of aryl methyl sites for hydroxylation is 1. The van der Waals surface area contributed by atoms with Gasteiger partial charge in [0.05, 0.1) is 11.7 Å². The van der Waals surface area contributed by atoms with Crippen molar-refractivity contribution in [2.24, 2.45) is 0 Å². The smallest absolute Gasteiger partial charge is 0.257 e. The summed E-state index contributed by atoms with van der Waals surface area (Å²) in [6, 6.07) is 2.62. The number of halogens is 2. The molecule has 1 aromatic heterocycles. The van der Waals surface area contributed by atoms with Gasteiger partial charge in [-0.15, -0.1) is 0 Å². The van der Waals surface area contributed by atoms with E-state index in [-0.39, 0.29) is 23.7 Å². The lowest BCUT2D eigenvalue weighted by Gasteiger charge is -2.15. The number of fused-ring (bicyclic) bond motifs is 1. The van der Waals surface area contributed by atoms with E-state index in [4.69, 9.17) is 0 Å². The Hall–Kier alpha value is -2.22. The van der Waals surface area contributed by atoms with Gasteiger partial charge in [-0.05, 0) is 25.5 Å². The predicted molar refractivity (Wildman–Crippen MR) is 92.0 cm³/mol. The summed E-state index contributed by atoms with van der Waals surface area (Å²) in [6.45, 7) is 3.69. The maximum Gasteiger partial charge on any atom is 0.257 e. The summed E-state index contributed by atoms with van der Waals surface area (Å²) < 4.78 is 28.1. The number of nitrogens with zero attached hydrogens (tertiary/aromatic N) is 2. The van der Waals surface area contributed by atoms with Crippen molar-refractivity contribution in [1.29, 1.82) is 0 Å². The van der Waals surface area contributed by atoms with Crippen LogP contribution in [0.4, 0.5) is 14.5 Å². The van der Waals surface area contributed by atoms with Crippen molar-refractivity contribution in [2.75, 3.05) is 11.1 Å². The van der Waals surface area contributed by atoms with Crippen molar-refractivity contribution >= 4 is 23.4 Å². The van der Waals surface area contributed by atoms with Gasteiger partial charge in [-0.1, -0.05) is 18.7 Å². The van der Waals surface area contributed by atoms with Crippen LogP contribution in [0.5, 0.6) is 0 Å². The van der Waals surface area contributed by atoms with E-state index in [9.17, 15) is 18.4 Å². The van der Waals surface area contributed by atoms with Crippen LogP contribution in [0, 0.1) is 18.6 Å². The Morgan fingerprint density at radius 3 is 2.88 bits per heavy atom. The fourth-order valence-electron chi connectivity index (χ4n) is 2.88. The maximum absolute atomic E-state index is 13.6. The zero-order chi connectivity index (χ0) is 18.1. The van der Waals surface area contributed by atoms with E-state index in [2.05, 4.69) is 10.3 Å². The van der Waals surface area contributed by atoms with Gasteiger partial charge < -0.3 is 5.32 Å². The molecule has 5 nitrogen and oxygen atoms in total. The van der Waals surface area contributed by atoms with E-state index >= 15 is 0 Å². The molecule has 3 rings (SSSR count). The Kier molecular flexibility index (Phi) is 4.89. The van der Waals surface area contributed by atoms with Gasteiger partial charge in [-0.25, -0.2) is 13.8 Å². The molecule has 0 spiro atoms. The standard InChI is InChI=1S/C17H17F2N3O2S/c1-3-12-9(2)20-17-22(16(12)24)11(8-25-17)7-15(23)21-14-5-4-10(18)6-13(14)19/h4-6,11H,3,7-8H2,1-2H3,(H,21,23). The van der Waals surface area contributed by atoms with Crippen LogP contribution in [-0.2, 0) is 11.2 Å². The van der Waals surface area contributed by atoms with Crippen molar-refractivity contribution in [3.05, 3.63) is 51.4 Å². The van der Waals surface area contributed by atoms with E-state index in [0.717, 1.165) is 6.07 Å². The van der Waals surface area contributed by atoms with Crippen molar-refractivity contribution < 1.29 is 13.6 Å². The number of amides is 1. The minimum absolute atomic E-state index is 0.0185. The highest BCUT2D eigenvalue weighted by atomic mass is 32.2. The molecule has 132 valence electrons. The van der Waals surface area contributed by atoms with Crippen molar-refractivity contribution in [2.45, 2.75) is 37.9 Å². The summed E-state index contributed by atoms with van der Waals surface area (Å²) in [5, 5.41) is 3.03. The lowest BCUT2D eigenvalue weighted by molar-refractivity contribution is -0.116. The average molecular weight is 365 g/mol. The van der Waals surface area contributed by atoms with Crippen LogP contribution in [-0.4, -0.2) is 21.2 Å². The van der Waals surface area contributed by atoms with E-state index < -0.39 is 17.5 Å². The minimum atomic E-state index is -0.836. The fraction of sp³-hybridized carbons (Fsp3) is 0.353.